The summed E-state index contributed by atoms with van der Waals surface area (Å²) in [4.78, 5) is 33.4. The minimum absolute atomic E-state index is 0.0505. The van der Waals surface area contributed by atoms with Crippen LogP contribution in [0, 0.1) is 10.1 Å². The zero-order valence-electron chi connectivity index (χ0n) is 12.3. The molecule has 8 heteroatoms. The number of nitrogens with zero attached hydrogens (tertiary/aromatic N) is 1. The van der Waals surface area contributed by atoms with Crippen molar-refractivity contribution in [2.75, 3.05) is 0 Å². The van der Waals surface area contributed by atoms with Crippen molar-refractivity contribution in [2.24, 2.45) is 0 Å². The second kappa shape index (κ2) is 7.56. The molecular weight excluding hydrogens is 336 g/mol. The summed E-state index contributed by atoms with van der Waals surface area (Å²) in [6.45, 7) is 0. The maximum absolute atomic E-state index is 12.3. The van der Waals surface area contributed by atoms with E-state index in [1.807, 2.05) is 0 Å². The van der Waals surface area contributed by atoms with Gasteiger partial charge in [0.2, 0.25) is 0 Å². The van der Waals surface area contributed by atoms with Gasteiger partial charge in [-0.25, -0.2) is 0 Å². The largest absolute Gasteiger partial charge is 0.550 e. The van der Waals surface area contributed by atoms with Gasteiger partial charge in [-0.05, 0) is 23.8 Å². The van der Waals surface area contributed by atoms with Gasteiger partial charge < -0.3 is 15.2 Å². The van der Waals surface area contributed by atoms with Gasteiger partial charge in [0.1, 0.15) is 0 Å². The van der Waals surface area contributed by atoms with Gasteiger partial charge in [-0.2, -0.15) is 0 Å². The molecule has 1 N–H and O–H groups in total. The van der Waals surface area contributed by atoms with Gasteiger partial charge in [0.15, 0.2) is 0 Å². The average molecular weight is 348 g/mol. The first-order valence-electron chi connectivity index (χ1n) is 6.87. The minimum atomic E-state index is -1.35. The second-order valence-corrected chi connectivity index (χ2v) is 5.40. The van der Waals surface area contributed by atoms with E-state index in [9.17, 15) is 24.8 Å². The number of carboxylic acid groups (broad SMARTS) is 1. The molecule has 0 aromatic heterocycles. The van der Waals surface area contributed by atoms with Crippen molar-refractivity contribution in [1.29, 1.82) is 0 Å². The Morgan fingerprint density at radius 1 is 1.17 bits per heavy atom. The third-order valence-electron chi connectivity index (χ3n) is 3.25. The summed E-state index contributed by atoms with van der Waals surface area (Å²) in [5.41, 5.74) is 0.307. The highest BCUT2D eigenvalue weighted by atomic mass is 35.5. The first-order valence-corrected chi connectivity index (χ1v) is 7.25. The van der Waals surface area contributed by atoms with Crippen molar-refractivity contribution < 1.29 is 19.6 Å². The Balaban J connectivity index is 2.26. The lowest BCUT2D eigenvalue weighted by Gasteiger charge is -2.20. The monoisotopic (exact) mass is 347 g/mol. The van der Waals surface area contributed by atoms with Crippen LogP contribution in [0.2, 0.25) is 5.02 Å². The number of aliphatic carboxylic acids is 1. The number of carbonyl (C=O) groups excluding carboxylic acids is 2. The van der Waals surface area contributed by atoms with Crippen LogP contribution in [0.1, 0.15) is 28.4 Å². The number of nitro groups is 1. The van der Waals surface area contributed by atoms with Crippen molar-refractivity contribution in [2.45, 2.75) is 12.5 Å². The van der Waals surface area contributed by atoms with Gasteiger partial charge in [0, 0.05) is 35.1 Å². The van der Waals surface area contributed by atoms with E-state index in [1.54, 1.807) is 18.2 Å². The van der Waals surface area contributed by atoms with Crippen molar-refractivity contribution >= 4 is 29.2 Å². The van der Waals surface area contributed by atoms with E-state index in [4.69, 9.17) is 11.6 Å². The summed E-state index contributed by atoms with van der Waals surface area (Å²) in [6.07, 6.45) is -0.457. The third-order valence-corrected chi connectivity index (χ3v) is 3.48. The number of non-ortho nitro benzene ring substituents is 1. The Hall–Kier alpha value is -2.93. The number of halogens is 1. The van der Waals surface area contributed by atoms with E-state index in [0.29, 0.717) is 10.6 Å². The maximum atomic E-state index is 12.3. The molecule has 24 heavy (non-hydrogen) atoms. The molecule has 1 amide bonds. The quantitative estimate of drug-likeness (QED) is 0.633. The van der Waals surface area contributed by atoms with Gasteiger partial charge in [-0.1, -0.05) is 29.8 Å². The van der Waals surface area contributed by atoms with Gasteiger partial charge in [0.25, 0.3) is 11.6 Å². The molecule has 0 saturated carbocycles. The van der Waals surface area contributed by atoms with Gasteiger partial charge in [-0.15, -0.1) is 0 Å². The predicted molar refractivity (Wildman–Crippen MR) is 84.4 cm³/mol. The lowest BCUT2D eigenvalue weighted by atomic mass is 10.0. The van der Waals surface area contributed by atoms with Gasteiger partial charge in [-0.3, -0.25) is 14.9 Å². The molecule has 1 atom stereocenters. The molecule has 0 bridgehead atoms. The highest BCUT2D eigenvalue weighted by Gasteiger charge is 2.18. The number of nitro benzene ring substituents is 1. The molecule has 2 aromatic carbocycles. The molecule has 0 heterocycles. The van der Waals surface area contributed by atoms with Crippen LogP contribution in [0.3, 0.4) is 0 Å². The maximum Gasteiger partial charge on any atom is 0.270 e. The number of rotatable bonds is 6. The summed E-state index contributed by atoms with van der Waals surface area (Å²) in [5, 5.41) is 24.6. The SMILES string of the molecule is O=C([O-])C[C@H](NC(=O)c1cccc([N+](=O)[O-])c1)c1cccc(Cl)c1. The Morgan fingerprint density at radius 3 is 2.50 bits per heavy atom. The van der Waals surface area contributed by atoms with E-state index in [-0.39, 0.29) is 11.3 Å². The van der Waals surface area contributed by atoms with Gasteiger partial charge in [0.05, 0.1) is 11.0 Å². The summed E-state index contributed by atoms with van der Waals surface area (Å²) in [7, 11) is 0. The third kappa shape index (κ3) is 4.53. The minimum Gasteiger partial charge on any atom is -0.550 e. The molecule has 0 aliphatic heterocycles. The van der Waals surface area contributed by atoms with Crippen LogP contribution in [0.15, 0.2) is 48.5 Å². The smallest absolute Gasteiger partial charge is 0.270 e. The van der Waals surface area contributed by atoms with Crippen molar-refractivity contribution in [3.63, 3.8) is 0 Å². The zero-order chi connectivity index (χ0) is 17.7. The van der Waals surface area contributed by atoms with Crippen LogP contribution in [0.25, 0.3) is 0 Å². The van der Waals surface area contributed by atoms with Crippen LogP contribution in [0.4, 0.5) is 5.69 Å². The lowest BCUT2D eigenvalue weighted by molar-refractivity contribution is -0.384. The molecule has 0 saturated heterocycles. The molecule has 0 fully saturated rings. The fourth-order valence-electron chi connectivity index (χ4n) is 2.14. The standard InChI is InChI=1S/C16H13ClN2O5/c17-12-5-1-3-10(7-12)14(9-15(20)21)18-16(22)11-4-2-6-13(8-11)19(23)24/h1-8,14H,9H2,(H,18,22)(H,20,21)/p-1/t14-/m0/s1. The van der Waals surface area contributed by atoms with Crippen LogP contribution in [-0.4, -0.2) is 16.8 Å². The summed E-state index contributed by atoms with van der Waals surface area (Å²) < 4.78 is 0. The molecule has 0 unspecified atom stereocenters. The highest BCUT2D eigenvalue weighted by molar-refractivity contribution is 6.30. The van der Waals surface area contributed by atoms with E-state index in [1.165, 1.54) is 24.3 Å². The Morgan fingerprint density at radius 2 is 1.88 bits per heavy atom. The molecule has 0 radical (unpaired) electrons. The molecule has 124 valence electrons. The van der Waals surface area contributed by atoms with Crippen LogP contribution >= 0.6 is 11.6 Å². The molecule has 0 aliphatic carbocycles. The van der Waals surface area contributed by atoms with Crippen LogP contribution in [0.5, 0.6) is 0 Å². The molecule has 2 rings (SSSR count). The summed E-state index contributed by atoms with van der Waals surface area (Å²) >= 11 is 5.88. The van der Waals surface area contributed by atoms with Crippen LogP contribution in [-0.2, 0) is 4.79 Å². The predicted octanol–water partition coefficient (Wildman–Crippen LogP) is 1.86. The van der Waals surface area contributed by atoms with Crippen molar-refractivity contribution in [3.8, 4) is 0 Å². The number of amides is 1. The Kier molecular flexibility index (Phi) is 5.49. The molecule has 2 aromatic rings. The number of hydrogen-bond acceptors (Lipinski definition) is 5. The molecule has 7 nitrogen and oxygen atoms in total. The highest BCUT2D eigenvalue weighted by Crippen LogP contribution is 2.21. The summed E-state index contributed by atoms with van der Waals surface area (Å²) in [6, 6.07) is 10.7. The number of hydrogen-bond donors (Lipinski definition) is 1. The van der Waals surface area contributed by atoms with E-state index in [2.05, 4.69) is 5.32 Å². The molecule has 0 spiro atoms. The lowest BCUT2D eigenvalue weighted by Crippen LogP contribution is -2.34. The second-order valence-electron chi connectivity index (χ2n) is 4.96. The fourth-order valence-corrected chi connectivity index (χ4v) is 2.34. The molecule has 0 aliphatic rings. The number of carboxylic acids is 1. The number of nitrogens with one attached hydrogen (secondary N) is 1. The zero-order valence-corrected chi connectivity index (χ0v) is 13.0. The Bertz CT molecular complexity index is 794. The summed E-state index contributed by atoms with van der Waals surface area (Å²) in [5.74, 6) is -1.98. The first-order chi connectivity index (χ1) is 11.4. The van der Waals surface area contributed by atoms with Crippen LogP contribution < -0.4 is 10.4 Å². The number of carbonyl (C=O) groups is 2. The Labute approximate surface area is 142 Å². The first kappa shape index (κ1) is 17.4. The van der Waals surface area contributed by atoms with Crippen molar-refractivity contribution in [1.82, 2.24) is 5.32 Å². The number of benzene rings is 2. The van der Waals surface area contributed by atoms with Crippen molar-refractivity contribution in [3.05, 3.63) is 74.8 Å². The van der Waals surface area contributed by atoms with E-state index in [0.717, 1.165) is 6.07 Å². The fraction of sp³-hybridized carbons (Fsp3) is 0.125. The van der Waals surface area contributed by atoms with E-state index >= 15 is 0 Å². The van der Waals surface area contributed by atoms with E-state index < -0.39 is 29.3 Å². The topological polar surface area (TPSA) is 112 Å². The van der Waals surface area contributed by atoms with Gasteiger partial charge >= 0.3 is 0 Å². The molecular formula is C16H12ClN2O5-. The average Bonchev–Trinajstić information content (AvgIpc) is 2.54. The normalized spacial score (nSPS) is 11.5.